The fourth-order valence-electron chi connectivity index (χ4n) is 16.4. The van der Waals surface area contributed by atoms with E-state index in [2.05, 4.69) is 130 Å². The van der Waals surface area contributed by atoms with Crippen LogP contribution in [0.5, 0.6) is 23.0 Å². The standard InChI is InChI=1S/C34H43N5O4S.C33H41N5O3S.C31H40N6O3S/c1-21(2)43-31-20-26(24-14-16-39(6)17-15-24)23(5)18-30(31)37-34-36-28-13-12-25(42-7)19-27(28)33(38-34)35-29-10-8-9-11-32(29)44(40,41)22(3)4;1-21(2)41-30-20-26(24-15-17-38(6)18-16-24)23(5)19-29(30)36-33-35-27-12-8-7-11-25(27)32(37-33)34-28-13-9-10-14-31(28)42(39,40)22(3)4;1-19(2)40-27-18-24(22-12-15-37(6)16-13-22)21(5)17-26(27)34-31-35-29-23(11-14-32-29)30(36-31)33-25-9-7-8-10-28(25)41(38,39)20(3)4/h8-13,18-22,24H,14-17H2,1-7H3,(H2,35,36,37,38);7-14,19-22,24H,15-18H2,1-6H3,(H2,34,35,36,37);7-11,14,17-20,22H,12-13,15-16H2,1-6H3,(H3,32,33,34,35,36). The van der Waals surface area contributed by atoms with Crippen molar-refractivity contribution in [2.24, 2.45) is 0 Å². The predicted molar refractivity (Wildman–Crippen MR) is 515 cm³/mol. The molecule has 0 aliphatic carbocycles. The molecule has 29 heteroatoms. The van der Waals surface area contributed by atoms with E-state index in [1.54, 1.807) is 122 Å². The first kappa shape index (κ1) is 93.4. The van der Waals surface area contributed by atoms with Crippen LogP contribution in [0, 0.1) is 20.8 Å². The zero-order chi connectivity index (χ0) is 90.9. The van der Waals surface area contributed by atoms with Crippen molar-refractivity contribution in [1.29, 1.82) is 0 Å². The fraction of sp³-hybridized carbons (Fsp3) is 0.408. The number of benzene rings is 8. The Morgan fingerprint density at radius 3 is 1.03 bits per heavy atom. The van der Waals surface area contributed by atoms with Crippen LogP contribution >= 0.6 is 0 Å². The topological polar surface area (TPSA) is 314 Å². The van der Waals surface area contributed by atoms with Crippen LogP contribution in [0.15, 0.2) is 179 Å². The summed E-state index contributed by atoms with van der Waals surface area (Å²) in [5.74, 6) is 6.98. The third-order valence-electron chi connectivity index (χ3n) is 23.5. The summed E-state index contributed by atoms with van der Waals surface area (Å²) < 4.78 is 103. The van der Waals surface area contributed by atoms with E-state index in [9.17, 15) is 25.3 Å². The van der Waals surface area contributed by atoms with E-state index in [0.29, 0.717) is 92.4 Å². The lowest BCUT2D eigenvalue weighted by molar-refractivity contribution is 0.240. The Balaban J connectivity index is 0.000000163. The molecule has 0 radical (unpaired) electrons. The average molecular weight is 1780 g/mol. The third kappa shape index (κ3) is 22.3. The van der Waals surface area contributed by atoms with Crippen molar-refractivity contribution in [2.45, 2.75) is 209 Å². The summed E-state index contributed by atoms with van der Waals surface area (Å²) in [6, 6.07) is 48.7. The van der Waals surface area contributed by atoms with Crippen LogP contribution in [-0.4, -0.2) is 176 Å². The normalized spacial score (nSPS) is 14.9. The number of hydrogen-bond donors (Lipinski definition) is 7. The molecule has 127 heavy (non-hydrogen) atoms. The number of hydrogen-bond acceptors (Lipinski definition) is 25. The van der Waals surface area contributed by atoms with Crippen LogP contribution in [-0.2, 0) is 29.5 Å². The number of aromatic amines is 1. The SMILES string of the molecule is COc1ccc2nc(Nc3cc(C)c(C4CCN(C)CC4)cc3OC(C)C)nc(Nc3ccccc3S(=O)(=O)C(C)C)c2c1.Cc1cc(Nc2nc(Nc3ccccc3S(=O)(=O)C(C)C)c3cc[nH]c3n2)c(OC(C)C)cc1C1CCN(C)CC1.Cc1cc(Nc2nc(Nc3ccccc3S(=O)(=O)C(C)C)c3ccccc3n2)c(OC(C)C)cc1C1CCN(C)CC1. The summed E-state index contributed by atoms with van der Waals surface area (Å²) in [5.41, 5.74) is 13.3. The smallest absolute Gasteiger partial charge is 0.231 e. The number of aromatic nitrogens is 7. The first-order valence-corrected chi connectivity index (χ1v) is 48.7. The second-order valence-corrected chi connectivity index (χ2v) is 42.6. The lowest BCUT2D eigenvalue weighted by Gasteiger charge is -2.30. The van der Waals surface area contributed by atoms with Crippen molar-refractivity contribution in [3.8, 4) is 23.0 Å². The van der Waals surface area contributed by atoms with E-state index < -0.39 is 45.3 Å². The second-order valence-electron chi connectivity index (χ2n) is 35.2. The van der Waals surface area contributed by atoms with Crippen molar-refractivity contribution in [2.75, 3.05) is 99.4 Å². The number of nitrogens with one attached hydrogen (secondary N) is 7. The van der Waals surface area contributed by atoms with Gasteiger partial charge in [0.05, 0.1) is 106 Å². The van der Waals surface area contributed by atoms with E-state index in [4.69, 9.17) is 48.9 Å². The molecule has 3 fully saturated rings. The number of aryl methyl sites for hydroxylation is 3. The van der Waals surface area contributed by atoms with Crippen molar-refractivity contribution < 1.29 is 44.2 Å². The minimum Gasteiger partial charge on any atom is -0.497 e. The molecule has 7 N–H and O–H groups in total. The largest absolute Gasteiger partial charge is 0.497 e. The molecule has 3 aliphatic heterocycles. The molecule has 0 saturated carbocycles. The molecule has 8 aromatic carbocycles. The molecule has 15 rings (SSSR count). The van der Waals surface area contributed by atoms with Gasteiger partial charge >= 0.3 is 0 Å². The number of para-hydroxylation sites is 4. The van der Waals surface area contributed by atoms with Crippen molar-refractivity contribution in [3.63, 3.8) is 0 Å². The van der Waals surface area contributed by atoms with E-state index in [1.807, 2.05) is 96.1 Å². The van der Waals surface area contributed by atoms with Crippen molar-refractivity contribution >= 4 is 132 Å². The maximum absolute atomic E-state index is 13.2. The Kier molecular flexibility index (Phi) is 29.7. The highest BCUT2D eigenvalue weighted by molar-refractivity contribution is 7.92. The summed E-state index contributed by atoms with van der Waals surface area (Å²) in [5, 5.41) is 20.7. The molecule has 3 saturated heterocycles. The molecule has 7 heterocycles. The summed E-state index contributed by atoms with van der Waals surface area (Å²) in [6.45, 7) is 35.2. The van der Waals surface area contributed by atoms with Gasteiger partial charge in [0, 0.05) is 17.0 Å². The predicted octanol–water partition coefficient (Wildman–Crippen LogP) is 20.9. The number of piperidine rings is 3. The van der Waals surface area contributed by atoms with Gasteiger partial charge in [-0.2, -0.15) is 19.9 Å². The lowest BCUT2D eigenvalue weighted by Crippen LogP contribution is -2.29. The summed E-state index contributed by atoms with van der Waals surface area (Å²) in [7, 11) is -2.46. The Morgan fingerprint density at radius 2 is 0.677 bits per heavy atom. The Morgan fingerprint density at radius 1 is 0.354 bits per heavy atom. The van der Waals surface area contributed by atoms with Crippen LogP contribution in [0.2, 0.25) is 0 Å². The first-order chi connectivity index (χ1) is 60.5. The Labute approximate surface area is 749 Å². The molecular formula is C98H124N16O10S3. The highest BCUT2D eigenvalue weighted by Crippen LogP contribution is 2.44. The van der Waals surface area contributed by atoms with Gasteiger partial charge in [-0.25, -0.2) is 35.2 Å². The van der Waals surface area contributed by atoms with Gasteiger partial charge < -0.3 is 70.5 Å². The minimum atomic E-state index is -3.56. The monoisotopic (exact) mass is 1780 g/mol. The van der Waals surface area contributed by atoms with Crippen LogP contribution in [0.1, 0.15) is 173 Å². The van der Waals surface area contributed by atoms with Gasteiger partial charge in [-0.1, -0.05) is 48.5 Å². The molecule has 0 spiro atoms. The molecule has 0 amide bonds. The zero-order valence-electron chi connectivity index (χ0n) is 76.6. The number of ether oxygens (including phenoxy) is 4. The molecule has 674 valence electrons. The van der Waals surface area contributed by atoms with E-state index in [1.165, 1.54) is 33.4 Å². The van der Waals surface area contributed by atoms with Gasteiger partial charge in [-0.15, -0.1) is 0 Å². The number of anilines is 12. The maximum atomic E-state index is 13.2. The van der Waals surface area contributed by atoms with Gasteiger partial charge in [0.1, 0.15) is 46.1 Å². The number of rotatable bonds is 28. The van der Waals surface area contributed by atoms with Crippen molar-refractivity contribution in [3.05, 3.63) is 197 Å². The van der Waals surface area contributed by atoms with E-state index in [0.717, 1.165) is 128 Å². The molecule has 26 nitrogen and oxygen atoms in total. The molecule has 4 aromatic heterocycles. The number of nitrogens with zero attached hydrogens (tertiary/aromatic N) is 9. The second kappa shape index (κ2) is 40.4. The highest BCUT2D eigenvalue weighted by atomic mass is 32.2. The van der Waals surface area contributed by atoms with Crippen LogP contribution in [0.25, 0.3) is 32.8 Å². The first-order valence-electron chi connectivity index (χ1n) is 44.1. The van der Waals surface area contributed by atoms with Gasteiger partial charge in [0.25, 0.3) is 0 Å². The Hall–Kier alpha value is -11.2. The summed E-state index contributed by atoms with van der Waals surface area (Å²) in [4.78, 5) is 39.8. The molecule has 12 aromatic rings. The van der Waals surface area contributed by atoms with Crippen LogP contribution in [0.4, 0.5) is 69.4 Å². The number of fused-ring (bicyclic) bond motifs is 3. The molecule has 0 atom stereocenters. The van der Waals surface area contributed by atoms with Gasteiger partial charge in [-0.3, -0.25) is 0 Å². The van der Waals surface area contributed by atoms with E-state index >= 15 is 0 Å². The van der Waals surface area contributed by atoms with Crippen molar-refractivity contribution in [1.82, 2.24) is 49.6 Å². The molecule has 0 unspecified atom stereocenters. The number of likely N-dealkylation sites (tertiary alicyclic amines) is 3. The Bertz CT molecular complexity index is 6260. The quantitative estimate of drug-likeness (QED) is 0.0240. The zero-order valence-corrected chi connectivity index (χ0v) is 79.1. The molecular weight excluding hydrogens is 1660 g/mol. The molecule has 0 bridgehead atoms. The van der Waals surface area contributed by atoms with Gasteiger partial charge in [0.15, 0.2) is 29.5 Å². The van der Waals surface area contributed by atoms with Gasteiger partial charge in [0.2, 0.25) is 17.8 Å². The number of methoxy groups -OCH3 is 1. The third-order valence-corrected chi connectivity index (χ3v) is 30.2. The number of H-pyrrole nitrogens is 1. The highest BCUT2D eigenvalue weighted by Gasteiger charge is 2.31. The van der Waals surface area contributed by atoms with Crippen LogP contribution in [0.3, 0.4) is 0 Å². The maximum Gasteiger partial charge on any atom is 0.231 e. The number of sulfone groups is 3. The summed E-state index contributed by atoms with van der Waals surface area (Å²) >= 11 is 0. The van der Waals surface area contributed by atoms with E-state index in [-0.39, 0.29) is 33.0 Å². The van der Waals surface area contributed by atoms with Gasteiger partial charge in [-0.05, 0) is 363 Å². The molecule has 3 aliphatic rings. The minimum absolute atomic E-state index is 0.00671. The fourth-order valence-corrected chi connectivity index (χ4v) is 20.0. The average Bonchev–Trinajstić information content (AvgIpc) is 1.76. The van der Waals surface area contributed by atoms with Crippen LogP contribution < -0.4 is 50.8 Å². The summed E-state index contributed by atoms with van der Waals surface area (Å²) in [6.07, 6.45) is 8.49. The lowest BCUT2D eigenvalue weighted by atomic mass is 9.86.